The van der Waals surface area contributed by atoms with E-state index in [4.69, 9.17) is 0 Å². The largest absolute Gasteiger partial charge is 0.384 e. The van der Waals surface area contributed by atoms with Crippen LogP contribution >= 0.6 is 0 Å². The molecule has 0 aromatic heterocycles. The maximum atomic E-state index is 3.47. The van der Waals surface area contributed by atoms with Gasteiger partial charge in [-0.05, 0) is 39.7 Å². The fourth-order valence-electron chi connectivity index (χ4n) is 1.52. The Bertz CT molecular complexity index is 271. The molecule has 1 nitrogen and oxygen atoms in total. The number of nitrogens with one attached hydrogen (secondary N) is 1. The van der Waals surface area contributed by atoms with Gasteiger partial charge in [0.25, 0.3) is 0 Å². The highest BCUT2D eigenvalue weighted by Gasteiger charge is 2.07. The van der Waals surface area contributed by atoms with E-state index in [9.17, 15) is 0 Å². The van der Waals surface area contributed by atoms with Crippen molar-refractivity contribution >= 4 is 0 Å². The lowest BCUT2D eigenvalue weighted by molar-refractivity contribution is 0.814. The molecule has 0 bridgehead atoms. The second kappa shape index (κ2) is 4.31. The van der Waals surface area contributed by atoms with Crippen molar-refractivity contribution in [1.29, 1.82) is 0 Å². The van der Waals surface area contributed by atoms with Crippen molar-refractivity contribution in [2.45, 2.75) is 34.1 Å². The minimum atomic E-state index is 1.05. The minimum Gasteiger partial charge on any atom is -0.384 e. The zero-order valence-corrected chi connectivity index (χ0v) is 9.07. The Hall–Kier alpha value is -0.980. The van der Waals surface area contributed by atoms with Gasteiger partial charge in [-0.3, -0.25) is 0 Å². The van der Waals surface area contributed by atoms with Gasteiger partial charge in [-0.1, -0.05) is 23.3 Å². The van der Waals surface area contributed by atoms with Gasteiger partial charge in [0.2, 0.25) is 0 Å². The monoisotopic (exact) mass is 177 g/mol. The molecule has 0 aliphatic carbocycles. The molecule has 72 valence electrons. The van der Waals surface area contributed by atoms with E-state index in [2.05, 4.69) is 45.2 Å². The molecule has 1 heterocycles. The molecule has 0 aromatic rings. The molecule has 0 saturated heterocycles. The van der Waals surface area contributed by atoms with E-state index in [1.54, 1.807) is 0 Å². The Labute approximate surface area is 81.2 Å². The Morgan fingerprint density at radius 1 is 1.15 bits per heavy atom. The van der Waals surface area contributed by atoms with Gasteiger partial charge in [-0.2, -0.15) is 0 Å². The number of rotatable bonds is 0. The normalized spacial score (nSPS) is 16.6. The van der Waals surface area contributed by atoms with Gasteiger partial charge in [0, 0.05) is 12.2 Å². The molecule has 0 saturated carbocycles. The van der Waals surface area contributed by atoms with E-state index in [0.29, 0.717) is 0 Å². The first kappa shape index (κ1) is 10.1. The summed E-state index contributed by atoms with van der Waals surface area (Å²) in [5.74, 6) is 0. The Morgan fingerprint density at radius 2 is 1.85 bits per heavy atom. The van der Waals surface area contributed by atoms with Crippen molar-refractivity contribution in [3.63, 3.8) is 0 Å². The van der Waals surface area contributed by atoms with Crippen molar-refractivity contribution in [3.05, 3.63) is 34.6 Å². The molecule has 0 atom stereocenters. The van der Waals surface area contributed by atoms with Crippen molar-refractivity contribution in [1.82, 2.24) is 5.32 Å². The highest BCUT2D eigenvalue weighted by molar-refractivity contribution is 5.44. The summed E-state index contributed by atoms with van der Waals surface area (Å²) in [5, 5.41) is 3.47. The van der Waals surface area contributed by atoms with Gasteiger partial charge >= 0.3 is 0 Å². The molecule has 1 aliphatic heterocycles. The van der Waals surface area contributed by atoms with Crippen LogP contribution in [0.25, 0.3) is 0 Å². The van der Waals surface area contributed by atoms with Crippen LogP contribution in [0.5, 0.6) is 0 Å². The van der Waals surface area contributed by atoms with E-state index >= 15 is 0 Å². The third kappa shape index (κ3) is 2.48. The quantitative estimate of drug-likeness (QED) is 0.599. The molecule has 0 unspecified atom stereocenters. The molecule has 0 radical (unpaired) electrons. The van der Waals surface area contributed by atoms with Gasteiger partial charge in [-0.25, -0.2) is 0 Å². The minimum absolute atomic E-state index is 1.05. The van der Waals surface area contributed by atoms with Crippen LogP contribution in [-0.4, -0.2) is 6.54 Å². The van der Waals surface area contributed by atoms with Crippen molar-refractivity contribution in [2.75, 3.05) is 6.54 Å². The van der Waals surface area contributed by atoms with E-state index in [1.807, 2.05) is 0 Å². The topological polar surface area (TPSA) is 12.0 Å². The highest BCUT2D eigenvalue weighted by Crippen LogP contribution is 2.19. The number of hydrogen-bond donors (Lipinski definition) is 1. The lowest BCUT2D eigenvalue weighted by Crippen LogP contribution is -2.15. The second-order valence-electron chi connectivity index (χ2n) is 3.91. The van der Waals surface area contributed by atoms with E-state index in [1.165, 1.54) is 22.4 Å². The van der Waals surface area contributed by atoms with Crippen LogP contribution in [0.15, 0.2) is 34.6 Å². The van der Waals surface area contributed by atoms with Gasteiger partial charge in [0.05, 0.1) is 0 Å². The zero-order valence-electron chi connectivity index (χ0n) is 9.07. The third-order valence-corrected chi connectivity index (χ3v) is 2.21. The first-order chi connectivity index (χ1) is 6.13. The summed E-state index contributed by atoms with van der Waals surface area (Å²) in [6, 6.07) is 0. The molecule has 0 fully saturated rings. The predicted molar refractivity (Wildman–Crippen MR) is 58.5 cm³/mol. The Kier molecular flexibility index (Phi) is 3.35. The van der Waals surface area contributed by atoms with Crippen molar-refractivity contribution in [2.24, 2.45) is 0 Å². The maximum Gasteiger partial charge on any atom is 0.0399 e. The van der Waals surface area contributed by atoms with Crippen molar-refractivity contribution in [3.8, 4) is 0 Å². The van der Waals surface area contributed by atoms with E-state index in [0.717, 1.165) is 13.0 Å². The number of allylic oxidation sites excluding steroid dienone is 3. The molecule has 0 amide bonds. The summed E-state index contributed by atoms with van der Waals surface area (Å²) in [6.07, 6.45) is 5.59. The molecular formula is C12H19N. The third-order valence-electron chi connectivity index (χ3n) is 2.21. The van der Waals surface area contributed by atoms with Crippen molar-refractivity contribution < 1.29 is 0 Å². The molecule has 1 N–H and O–H groups in total. The van der Waals surface area contributed by atoms with Gasteiger partial charge < -0.3 is 5.32 Å². The number of hydrogen-bond acceptors (Lipinski definition) is 1. The fourth-order valence-corrected chi connectivity index (χ4v) is 1.52. The Morgan fingerprint density at radius 3 is 2.38 bits per heavy atom. The smallest absolute Gasteiger partial charge is 0.0399 e. The summed E-state index contributed by atoms with van der Waals surface area (Å²) in [7, 11) is 0. The van der Waals surface area contributed by atoms with Crippen LogP contribution in [-0.2, 0) is 0 Å². The molecule has 13 heavy (non-hydrogen) atoms. The predicted octanol–water partition coefficient (Wildman–Crippen LogP) is 3.17. The summed E-state index contributed by atoms with van der Waals surface area (Å²) >= 11 is 0. The van der Waals surface area contributed by atoms with Gasteiger partial charge in [0.15, 0.2) is 0 Å². The van der Waals surface area contributed by atoms with Crippen LogP contribution in [0, 0.1) is 0 Å². The molecular weight excluding hydrogens is 158 g/mol. The first-order valence-corrected chi connectivity index (χ1v) is 4.88. The highest BCUT2D eigenvalue weighted by atomic mass is 14.9. The fraction of sp³-hybridized carbons (Fsp3) is 0.500. The molecule has 0 spiro atoms. The van der Waals surface area contributed by atoms with Crippen LogP contribution < -0.4 is 5.32 Å². The summed E-state index contributed by atoms with van der Waals surface area (Å²) in [5.41, 5.74) is 5.41. The van der Waals surface area contributed by atoms with Crippen LogP contribution in [0.1, 0.15) is 34.1 Å². The summed E-state index contributed by atoms with van der Waals surface area (Å²) in [6.45, 7) is 9.69. The first-order valence-electron chi connectivity index (χ1n) is 4.88. The molecule has 1 rings (SSSR count). The Balaban J connectivity index is 3.13. The maximum absolute atomic E-state index is 3.47. The SMILES string of the molecule is CC(C)=C1C=CCCNC1=C(C)C. The van der Waals surface area contributed by atoms with Gasteiger partial charge in [0.1, 0.15) is 0 Å². The lowest BCUT2D eigenvalue weighted by atomic mass is 10.0. The lowest BCUT2D eigenvalue weighted by Gasteiger charge is -2.13. The molecule has 0 aromatic carbocycles. The van der Waals surface area contributed by atoms with Crippen LogP contribution in [0.3, 0.4) is 0 Å². The average Bonchev–Trinajstić information content (AvgIpc) is 2.27. The summed E-state index contributed by atoms with van der Waals surface area (Å²) < 4.78 is 0. The molecule has 1 aliphatic rings. The summed E-state index contributed by atoms with van der Waals surface area (Å²) in [4.78, 5) is 0. The second-order valence-corrected chi connectivity index (χ2v) is 3.91. The van der Waals surface area contributed by atoms with E-state index < -0.39 is 0 Å². The van der Waals surface area contributed by atoms with Crippen LogP contribution in [0.2, 0.25) is 0 Å². The average molecular weight is 177 g/mol. The molecule has 1 heteroatoms. The zero-order chi connectivity index (χ0) is 9.84. The standard InChI is InChI=1S/C12H19N/c1-9(2)11-7-5-6-8-13-12(11)10(3)4/h5,7,13H,6,8H2,1-4H3. The van der Waals surface area contributed by atoms with E-state index in [-0.39, 0.29) is 0 Å². The van der Waals surface area contributed by atoms with Gasteiger partial charge in [-0.15, -0.1) is 0 Å². The van der Waals surface area contributed by atoms with Crippen LogP contribution in [0.4, 0.5) is 0 Å².